The van der Waals surface area contributed by atoms with Crippen LogP contribution in [-0.2, 0) is 26.2 Å². The van der Waals surface area contributed by atoms with Gasteiger partial charge in [-0.05, 0) is 61.2 Å². The van der Waals surface area contributed by atoms with Crippen molar-refractivity contribution in [1.82, 2.24) is 10.2 Å². The minimum absolute atomic E-state index is 0.00152. The monoisotopic (exact) mass is 603 g/mol. The maximum absolute atomic E-state index is 14.1. The Morgan fingerprint density at radius 1 is 0.950 bits per heavy atom. The Kier molecular flexibility index (Phi) is 11.4. The molecule has 0 radical (unpaired) electrons. The number of amides is 2. The van der Waals surface area contributed by atoms with E-state index in [0.717, 1.165) is 17.1 Å². The molecule has 1 atom stereocenters. The van der Waals surface area contributed by atoms with E-state index in [1.165, 1.54) is 17.0 Å². The first-order valence-corrected chi connectivity index (χ1v) is 15.4. The smallest absolute Gasteiger partial charge is 0.264 e. The molecule has 0 saturated heterocycles. The predicted molar refractivity (Wildman–Crippen MR) is 161 cm³/mol. The lowest BCUT2D eigenvalue weighted by atomic mass is 10.1. The highest BCUT2D eigenvalue weighted by Crippen LogP contribution is 2.28. The fourth-order valence-corrected chi connectivity index (χ4v) is 6.30. The van der Waals surface area contributed by atoms with Gasteiger partial charge in [0.05, 0.1) is 10.6 Å². The van der Waals surface area contributed by atoms with Crippen molar-refractivity contribution < 1.29 is 18.0 Å². The summed E-state index contributed by atoms with van der Waals surface area (Å²) in [5, 5.41) is 3.70. The van der Waals surface area contributed by atoms with Crippen molar-refractivity contribution >= 4 is 50.7 Å². The Morgan fingerprint density at radius 3 is 2.25 bits per heavy atom. The van der Waals surface area contributed by atoms with Gasteiger partial charge in [-0.1, -0.05) is 85.9 Å². The fourth-order valence-electron chi connectivity index (χ4n) is 4.34. The second-order valence-corrected chi connectivity index (χ2v) is 12.1. The van der Waals surface area contributed by atoms with Crippen LogP contribution in [0.2, 0.25) is 10.0 Å². The van der Waals surface area contributed by atoms with Crippen molar-refractivity contribution in [2.45, 2.75) is 57.5 Å². The van der Waals surface area contributed by atoms with Crippen LogP contribution >= 0.6 is 23.2 Å². The van der Waals surface area contributed by atoms with E-state index in [1.807, 2.05) is 13.8 Å². The summed E-state index contributed by atoms with van der Waals surface area (Å²) in [6.07, 6.45) is 2.03. The molecule has 40 heavy (non-hydrogen) atoms. The number of nitrogens with one attached hydrogen (secondary N) is 1. The third kappa shape index (κ3) is 7.77. The van der Waals surface area contributed by atoms with Crippen molar-refractivity contribution in [2.75, 3.05) is 17.4 Å². The van der Waals surface area contributed by atoms with Gasteiger partial charge in [0, 0.05) is 23.1 Å². The zero-order chi connectivity index (χ0) is 29.3. The van der Waals surface area contributed by atoms with E-state index < -0.39 is 28.5 Å². The lowest BCUT2D eigenvalue weighted by Gasteiger charge is -2.33. The molecule has 0 unspecified atom stereocenters. The lowest BCUT2D eigenvalue weighted by Crippen LogP contribution is -2.52. The quantitative estimate of drug-likeness (QED) is 0.235. The predicted octanol–water partition coefficient (Wildman–Crippen LogP) is 6.22. The fraction of sp³-hybridized carbons (Fsp3) is 0.333. The highest BCUT2D eigenvalue weighted by Gasteiger charge is 2.34. The van der Waals surface area contributed by atoms with Crippen LogP contribution in [0.25, 0.3) is 0 Å². The summed E-state index contributed by atoms with van der Waals surface area (Å²) in [7, 11) is -4.12. The van der Waals surface area contributed by atoms with Crippen LogP contribution in [0.3, 0.4) is 0 Å². The van der Waals surface area contributed by atoms with E-state index in [-0.39, 0.29) is 17.3 Å². The molecule has 0 spiro atoms. The van der Waals surface area contributed by atoms with Gasteiger partial charge in [-0.15, -0.1) is 0 Å². The molecule has 0 aliphatic carbocycles. The highest BCUT2D eigenvalue weighted by molar-refractivity contribution is 7.92. The average Bonchev–Trinajstić information content (AvgIpc) is 2.93. The minimum Gasteiger partial charge on any atom is -0.354 e. The van der Waals surface area contributed by atoms with Crippen molar-refractivity contribution in [1.29, 1.82) is 0 Å². The number of hydrogen-bond acceptors (Lipinski definition) is 4. The van der Waals surface area contributed by atoms with Crippen LogP contribution < -0.4 is 9.62 Å². The Morgan fingerprint density at radius 2 is 1.62 bits per heavy atom. The summed E-state index contributed by atoms with van der Waals surface area (Å²) in [6.45, 7) is 5.60. The molecule has 0 aliphatic heterocycles. The van der Waals surface area contributed by atoms with E-state index in [2.05, 4.69) is 5.32 Å². The first-order valence-electron chi connectivity index (χ1n) is 13.2. The number of rotatable bonds is 13. The SMILES string of the molecule is CCCCNC(=O)[C@@H](CC)N(Cc1ccc(Cl)cc1Cl)C(=O)CN(c1ccccc1C)S(=O)(=O)c1ccccc1. The normalized spacial score (nSPS) is 12.0. The molecule has 214 valence electrons. The average molecular weight is 605 g/mol. The lowest BCUT2D eigenvalue weighted by molar-refractivity contribution is -0.140. The molecular formula is C30H35Cl2N3O4S. The van der Waals surface area contributed by atoms with Gasteiger partial charge in [0.1, 0.15) is 12.6 Å². The first kappa shape index (κ1) is 31.5. The summed E-state index contributed by atoms with van der Waals surface area (Å²) < 4.78 is 28.9. The third-order valence-electron chi connectivity index (χ3n) is 6.57. The van der Waals surface area contributed by atoms with Gasteiger partial charge < -0.3 is 10.2 Å². The van der Waals surface area contributed by atoms with Gasteiger partial charge in [-0.25, -0.2) is 8.42 Å². The Balaban J connectivity index is 2.06. The summed E-state index contributed by atoms with van der Waals surface area (Å²) in [6, 6.07) is 19.0. The molecule has 0 saturated carbocycles. The first-order chi connectivity index (χ1) is 19.1. The molecular weight excluding hydrogens is 569 g/mol. The van der Waals surface area contributed by atoms with E-state index in [9.17, 15) is 18.0 Å². The van der Waals surface area contributed by atoms with Crippen LogP contribution in [0.4, 0.5) is 5.69 Å². The van der Waals surface area contributed by atoms with Crippen LogP contribution in [0.15, 0.2) is 77.7 Å². The van der Waals surface area contributed by atoms with Crippen LogP contribution in [0.5, 0.6) is 0 Å². The maximum atomic E-state index is 14.1. The molecule has 0 aromatic heterocycles. The number of unbranched alkanes of at least 4 members (excludes halogenated alkanes) is 1. The summed E-state index contributed by atoms with van der Waals surface area (Å²) in [5.41, 5.74) is 1.66. The Bertz CT molecular complexity index is 1420. The summed E-state index contributed by atoms with van der Waals surface area (Å²) >= 11 is 12.5. The number of sulfonamides is 1. The molecule has 0 heterocycles. The zero-order valence-corrected chi connectivity index (χ0v) is 25.3. The number of benzene rings is 3. The second kappa shape index (κ2) is 14.5. The Labute approximate surface area is 247 Å². The summed E-state index contributed by atoms with van der Waals surface area (Å²) in [5.74, 6) is -0.839. The van der Waals surface area contributed by atoms with Crippen LogP contribution in [-0.4, -0.2) is 44.3 Å². The van der Waals surface area contributed by atoms with Crippen molar-refractivity contribution in [2.24, 2.45) is 0 Å². The third-order valence-corrected chi connectivity index (χ3v) is 8.93. The standard InChI is InChI=1S/C30H35Cl2N3O4S/c1-4-6-18-33-30(37)27(5-2)34(20-23-16-17-24(31)19-26(23)32)29(36)21-35(28-15-11-10-12-22(28)3)40(38,39)25-13-8-7-9-14-25/h7-17,19,27H,4-6,18,20-21H2,1-3H3,(H,33,37)/t27-/m1/s1. The van der Waals surface area contributed by atoms with E-state index in [4.69, 9.17) is 23.2 Å². The van der Waals surface area contributed by atoms with Crippen LogP contribution in [0.1, 0.15) is 44.2 Å². The summed E-state index contributed by atoms with van der Waals surface area (Å²) in [4.78, 5) is 28.8. The zero-order valence-electron chi connectivity index (χ0n) is 22.9. The van der Waals surface area contributed by atoms with Crippen LogP contribution in [0, 0.1) is 6.92 Å². The highest BCUT2D eigenvalue weighted by atomic mass is 35.5. The minimum atomic E-state index is -4.12. The molecule has 2 amide bonds. The molecule has 1 N–H and O–H groups in total. The topological polar surface area (TPSA) is 86.8 Å². The largest absolute Gasteiger partial charge is 0.354 e. The van der Waals surface area contributed by atoms with E-state index in [1.54, 1.807) is 67.6 Å². The molecule has 10 heteroatoms. The van der Waals surface area contributed by atoms with E-state index in [0.29, 0.717) is 39.8 Å². The molecule has 3 aromatic rings. The molecule has 0 aliphatic rings. The number of anilines is 1. The molecule has 3 aromatic carbocycles. The van der Waals surface area contributed by atoms with E-state index >= 15 is 0 Å². The van der Waals surface area contributed by atoms with Crippen molar-refractivity contribution in [3.8, 4) is 0 Å². The molecule has 0 bridgehead atoms. The number of para-hydroxylation sites is 1. The Hall–Kier alpha value is -3.07. The molecule has 0 fully saturated rings. The number of aryl methyl sites for hydroxylation is 1. The van der Waals surface area contributed by atoms with Gasteiger partial charge in [0.2, 0.25) is 11.8 Å². The van der Waals surface area contributed by atoms with Crippen molar-refractivity contribution in [3.05, 3.63) is 94.0 Å². The maximum Gasteiger partial charge on any atom is 0.264 e. The molecule has 3 rings (SSSR count). The second-order valence-electron chi connectivity index (χ2n) is 9.44. The van der Waals surface area contributed by atoms with Gasteiger partial charge in [0.25, 0.3) is 10.0 Å². The van der Waals surface area contributed by atoms with Gasteiger partial charge in [0.15, 0.2) is 0 Å². The number of carbonyl (C=O) groups excluding carboxylic acids is 2. The van der Waals surface area contributed by atoms with Gasteiger partial charge in [-0.3, -0.25) is 13.9 Å². The number of nitrogens with zero attached hydrogens (tertiary/aromatic N) is 2. The number of carbonyl (C=O) groups is 2. The van der Waals surface area contributed by atoms with Crippen molar-refractivity contribution in [3.63, 3.8) is 0 Å². The number of hydrogen-bond donors (Lipinski definition) is 1. The number of halogens is 2. The van der Waals surface area contributed by atoms with Gasteiger partial charge in [-0.2, -0.15) is 0 Å². The van der Waals surface area contributed by atoms with Gasteiger partial charge >= 0.3 is 0 Å². The molecule has 7 nitrogen and oxygen atoms in total.